The van der Waals surface area contributed by atoms with Gasteiger partial charge in [-0.05, 0) is 6.92 Å². The van der Waals surface area contributed by atoms with E-state index in [0.717, 1.165) is 4.68 Å². The number of rotatable bonds is 5. The van der Waals surface area contributed by atoms with Gasteiger partial charge in [-0.3, -0.25) is 4.68 Å². The zero-order chi connectivity index (χ0) is 15.5. The molecular weight excluding hydrogens is 291 g/mol. The molecule has 21 heavy (non-hydrogen) atoms. The Morgan fingerprint density at radius 1 is 1.48 bits per heavy atom. The lowest BCUT2D eigenvalue weighted by molar-refractivity contribution is -0.137. The first-order valence-corrected chi connectivity index (χ1v) is 6.13. The molecule has 0 spiro atoms. The fraction of sp³-hybridized carbons (Fsp3) is 0.417. The van der Waals surface area contributed by atoms with Gasteiger partial charge in [-0.2, -0.15) is 18.3 Å². The van der Waals surface area contributed by atoms with Crippen LogP contribution in [0.4, 0.5) is 13.2 Å². The van der Waals surface area contributed by atoms with Gasteiger partial charge in [-0.25, -0.2) is 4.79 Å². The van der Waals surface area contributed by atoms with Crippen molar-refractivity contribution < 1.29 is 27.2 Å². The Morgan fingerprint density at radius 3 is 2.81 bits per heavy atom. The van der Waals surface area contributed by atoms with Crippen LogP contribution in [-0.2, 0) is 11.3 Å². The lowest BCUT2D eigenvalue weighted by atomic mass is 10.2. The monoisotopic (exact) mass is 303 g/mol. The molecule has 9 heteroatoms. The van der Waals surface area contributed by atoms with E-state index in [1.165, 1.54) is 18.4 Å². The predicted molar refractivity (Wildman–Crippen MR) is 64.4 cm³/mol. The maximum absolute atomic E-state index is 12.3. The van der Waals surface area contributed by atoms with E-state index in [4.69, 9.17) is 4.74 Å². The number of esters is 1. The van der Waals surface area contributed by atoms with Gasteiger partial charge in [0.2, 0.25) is 0 Å². The van der Waals surface area contributed by atoms with Crippen molar-refractivity contribution in [1.29, 1.82) is 0 Å². The van der Waals surface area contributed by atoms with Gasteiger partial charge < -0.3 is 9.26 Å². The molecule has 0 aliphatic carbocycles. The third-order valence-corrected chi connectivity index (χ3v) is 2.57. The Balaban J connectivity index is 2.30. The minimum Gasteiger partial charge on any atom is -0.461 e. The van der Waals surface area contributed by atoms with Crippen molar-refractivity contribution in [2.45, 2.75) is 26.1 Å². The third-order valence-electron chi connectivity index (χ3n) is 2.57. The first-order valence-electron chi connectivity index (χ1n) is 6.13. The molecule has 0 aliphatic rings. The molecule has 0 N–H and O–H groups in total. The number of nitrogens with zero attached hydrogens (tertiary/aromatic N) is 3. The normalized spacial score (nSPS) is 11.6. The smallest absolute Gasteiger partial charge is 0.390 e. The van der Waals surface area contributed by atoms with E-state index in [0.29, 0.717) is 5.69 Å². The molecule has 0 amide bonds. The summed E-state index contributed by atoms with van der Waals surface area (Å²) in [5, 5.41) is 7.49. The second-order valence-electron chi connectivity index (χ2n) is 4.11. The highest BCUT2D eigenvalue weighted by atomic mass is 19.4. The molecule has 2 heterocycles. The number of alkyl halides is 3. The van der Waals surface area contributed by atoms with Gasteiger partial charge in [0.05, 0.1) is 25.3 Å². The highest BCUT2D eigenvalue weighted by Crippen LogP contribution is 2.24. The van der Waals surface area contributed by atoms with Gasteiger partial charge in [-0.15, -0.1) is 0 Å². The van der Waals surface area contributed by atoms with Crippen LogP contribution < -0.4 is 0 Å². The van der Waals surface area contributed by atoms with E-state index >= 15 is 0 Å². The standard InChI is InChI=1S/C12H12F3N3O3/c1-2-20-11(19)9-7-10(8-3-6-21-17-8)18(16-9)5-4-12(13,14)15/h3,6-7H,2,4-5H2,1H3. The number of hydrogen-bond acceptors (Lipinski definition) is 5. The zero-order valence-electron chi connectivity index (χ0n) is 11.1. The van der Waals surface area contributed by atoms with E-state index in [1.807, 2.05) is 0 Å². The summed E-state index contributed by atoms with van der Waals surface area (Å²) >= 11 is 0. The summed E-state index contributed by atoms with van der Waals surface area (Å²) in [5.41, 5.74) is 0.480. The van der Waals surface area contributed by atoms with Crippen molar-refractivity contribution in [3.63, 3.8) is 0 Å². The molecule has 0 saturated heterocycles. The number of carbonyl (C=O) groups excluding carboxylic acids is 1. The second-order valence-corrected chi connectivity index (χ2v) is 4.11. The topological polar surface area (TPSA) is 70.2 Å². The fourth-order valence-corrected chi connectivity index (χ4v) is 1.68. The SMILES string of the molecule is CCOC(=O)c1cc(-c2ccon2)n(CCC(F)(F)F)n1. The number of aromatic nitrogens is 3. The molecule has 0 radical (unpaired) electrons. The molecule has 2 aromatic heterocycles. The van der Waals surface area contributed by atoms with Crippen molar-refractivity contribution in [2.24, 2.45) is 0 Å². The first-order chi connectivity index (χ1) is 9.90. The van der Waals surface area contributed by atoms with Crippen molar-refractivity contribution >= 4 is 5.97 Å². The largest absolute Gasteiger partial charge is 0.461 e. The van der Waals surface area contributed by atoms with Crippen LogP contribution in [0.25, 0.3) is 11.4 Å². The molecular formula is C12H12F3N3O3. The van der Waals surface area contributed by atoms with Crippen LogP contribution in [0, 0.1) is 0 Å². The molecule has 0 saturated carbocycles. The molecule has 0 bridgehead atoms. The van der Waals surface area contributed by atoms with Gasteiger partial charge in [0.15, 0.2) is 5.69 Å². The molecule has 0 fully saturated rings. The van der Waals surface area contributed by atoms with Gasteiger partial charge in [0.25, 0.3) is 0 Å². The summed E-state index contributed by atoms with van der Waals surface area (Å²) < 4.78 is 47.5. The number of hydrogen-bond donors (Lipinski definition) is 0. The number of ether oxygens (including phenoxy) is 1. The lowest BCUT2D eigenvalue weighted by Gasteiger charge is -2.08. The van der Waals surface area contributed by atoms with Crippen LogP contribution >= 0.6 is 0 Å². The summed E-state index contributed by atoms with van der Waals surface area (Å²) in [6.07, 6.45) is -4.11. The van der Waals surface area contributed by atoms with Crippen LogP contribution in [0.3, 0.4) is 0 Å². The van der Waals surface area contributed by atoms with Crippen molar-refractivity contribution in [3.05, 3.63) is 24.1 Å². The van der Waals surface area contributed by atoms with E-state index < -0.39 is 25.1 Å². The van der Waals surface area contributed by atoms with E-state index in [9.17, 15) is 18.0 Å². The van der Waals surface area contributed by atoms with Crippen molar-refractivity contribution in [1.82, 2.24) is 14.9 Å². The van der Waals surface area contributed by atoms with Gasteiger partial charge in [0, 0.05) is 12.1 Å². The molecule has 0 unspecified atom stereocenters. The third kappa shape index (κ3) is 3.83. The van der Waals surface area contributed by atoms with Crippen molar-refractivity contribution in [2.75, 3.05) is 6.61 Å². The van der Waals surface area contributed by atoms with Crippen LogP contribution in [0.1, 0.15) is 23.8 Å². The molecule has 114 valence electrons. The summed E-state index contributed by atoms with van der Waals surface area (Å²) in [7, 11) is 0. The Hall–Kier alpha value is -2.32. The van der Waals surface area contributed by atoms with Crippen LogP contribution in [-0.4, -0.2) is 33.7 Å². The molecule has 2 aromatic rings. The minimum absolute atomic E-state index is 0.0722. The lowest BCUT2D eigenvalue weighted by Crippen LogP contribution is -2.14. The molecule has 2 rings (SSSR count). The van der Waals surface area contributed by atoms with Crippen LogP contribution in [0.15, 0.2) is 22.9 Å². The Morgan fingerprint density at radius 2 is 2.24 bits per heavy atom. The highest BCUT2D eigenvalue weighted by Gasteiger charge is 2.28. The molecule has 0 aliphatic heterocycles. The summed E-state index contributed by atoms with van der Waals surface area (Å²) in [6, 6.07) is 2.79. The number of halogens is 3. The number of aryl methyl sites for hydroxylation is 1. The summed E-state index contributed by atoms with van der Waals surface area (Å²) in [5.74, 6) is -0.701. The Kier molecular flexibility index (Phi) is 4.29. The summed E-state index contributed by atoms with van der Waals surface area (Å²) in [4.78, 5) is 11.6. The van der Waals surface area contributed by atoms with Crippen LogP contribution in [0.5, 0.6) is 0 Å². The van der Waals surface area contributed by atoms with Gasteiger partial charge >= 0.3 is 12.1 Å². The average molecular weight is 303 g/mol. The Bertz CT molecular complexity index is 605. The maximum Gasteiger partial charge on any atom is 0.390 e. The second kappa shape index (κ2) is 5.98. The first kappa shape index (κ1) is 15.1. The minimum atomic E-state index is -4.32. The number of carbonyl (C=O) groups is 1. The predicted octanol–water partition coefficient (Wildman–Crippen LogP) is 2.67. The highest BCUT2D eigenvalue weighted by molar-refractivity contribution is 5.88. The van der Waals surface area contributed by atoms with Crippen molar-refractivity contribution in [3.8, 4) is 11.4 Å². The van der Waals surface area contributed by atoms with E-state index in [1.54, 1.807) is 6.92 Å². The van der Waals surface area contributed by atoms with E-state index in [-0.39, 0.29) is 18.0 Å². The summed E-state index contributed by atoms with van der Waals surface area (Å²) in [6.45, 7) is 1.34. The fourth-order valence-electron chi connectivity index (χ4n) is 1.68. The molecule has 6 nitrogen and oxygen atoms in total. The maximum atomic E-state index is 12.3. The molecule has 0 atom stereocenters. The van der Waals surface area contributed by atoms with Gasteiger partial charge in [-0.1, -0.05) is 5.16 Å². The zero-order valence-corrected chi connectivity index (χ0v) is 11.1. The van der Waals surface area contributed by atoms with E-state index in [2.05, 4.69) is 14.8 Å². The quantitative estimate of drug-likeness (QED) is 0.794. The van der Waals surface area contributed by atoms with Gasteiger partial charge in [0.1, 0.15) is 12.0 Å². The van der Waals surface area contributed by atoms with Crippen LogP contribution in [0.2, 0.25) is 0 Å². The Labute approximate surface area is 117 Å². The molecule has 0 aromatic carbocycles. The average Bonchev–Trinajstić information content (AvgIpc) is 3.04.